The third-order valence-corrected chi connectivity index (χ3v) is 3.10. The number of esters is 1. The van der Waals surface area contributed by atoms with E-state index in [4.69, 9.17) is 10.5 Å². The molecule has 6 nitrogen and oxygen atoms in total. The Labute approximate surface area is 123 Å². The molecule has 0 aliphatic rings. The molecule has 0 aliphatic carbocycles. The average Bonchev–Trinajstić information content (AvgIpc) is 2.93. The van der Waals surface area contributed by atoms with Crippen molar-refractivity contribution in [1.29, 1.82) is 0 Å². The summed E-state index contributed by atoms with van der Waals surface area (Å²) in [5.74, 6) is 0.413. The van der Waals surface area contributed by atoms with Crippen molar-refractivity contribution in [3.63, 3.8) is 0 Å². The van der Waals surface area contributed by atoms with Gasteiger partial charge in [-0.2, -0.15) is 5.10 Å². The van der Waals surface area contributed by atoms with E-state index in [-0.39, 0.29) is 18.6 Å². The maximum atomic E-state index is 11.8. The molecule has 6 heteroatoms. The lowest BCUT2D eigenvalue weighted by Crippen LogP contribution is -2.12. The number of nitrogen functional groups attached to an aromatic ring is 1. The molecule has 0 spiro atoms. The molecule has 21 heavy (non-hydrogen) atoms. The first-order valence-corrected chi connectivity index (χ1v) is 6.94. The standard InChI is InChI=1S/C15H20N4O2/c1-11(2)19-14(17-10-18-19)9-21-15(20)8-5-12-3-6-13(16)7-4-12/h3-4,6-7,10-11H,5,8-9,16H2,1-2H3. The summed E-state index contributed by atoms with van der Waals surface area (Å²) in [5.41, 5.74) is 7.39. The average molecular weight is 288 g/mol. The lowest BCUT2D eigenvalue weighted by molar-refractivity contribution is -0.145. The van der Waals surface area contributed by atoms with Gasteiger partial charge in [-0.05, 0) is 38.0 Å². The summed E-state index contributed by atoms with van der Waals surface area (Å²) >= 11 is 0. The number of benzene rings is 1. The number of hydrogen-bond donors (Lipinski definition) is 1. The van der Waals surface area contributed by atoms with Gasteiger partial charge in [-0.15, -0.1) is 0 Å². The van der Waals surface area contributed by atoms with Gasteiger partial charge in [0.25, 0.3) is 0 Å². The number of anilines is 1. The Hall–Kier alpha value is -2.37. The minimum absolute atomic E-state index is 0.152. The van der Waals surface area contributed by atoms with Crippen LogP contribution in [0.1, 0.15) is 37.7 Å². The molecular weight excluding hydrogens is 268 g/mol. The van der Waals surface area contributed by atoms with Gasteiger partial charge in [-0.1, -0.05) is 12.1 Å². The van der Waals surface area contributed by atoms with Crippen molar-refractivity contribution in [2.75, 3.05) is 5.73 Å². The first kappa shape index (κ1) is 15.0. The van der Waals surface area contributed by atoms with Gasteiger partial charge < -0.3 is 10.5 Å². The van der Waals surface area contributed by atoms with E-state index in [1.807, 2.05) is 38.1 Å². The highest BCUT2D eigenvalue weighted by atomic mass is 16.5. The maximum absolute atomic E-state index is 11.8. The zero-order valence-electron chi connectivity index (χ0n) is 12.3. The Bertz CT molecular complexity index is 590. The molecule has 0 bridgehead atoms. The van der Waals surface area contributed by atoms with Crippen molar-refractivity contribution < 1.29 is 9.53 Å². The van der Waals surface area contributed by atoms with Gasteiger partial charge in [0.05, 0.1) is 0 Å². The van der Waals surface area contributed by atoms with Gasteiger partial charge >= 0.3 is 5.97 Å². The van der Waals surface area contributed by atoms with Gasteiger partial charge in [0.2, 0.25) is 0 Å². The number of ether oxygens (including phenoxy) is 1. The van der Waals surface area contributed by atoms with Crippen molar-refractivity contribution in [3.05, 3.63) is 42.0 Å². The number of carbonyl (C=O) groups is 1. The second-order valence-electron chi connectivity index (χ2n) is 5.12. The van der Waals surface area contributed by atoms with Crippen LogP contribution in [0.3, 0.4) is 0 Å². The Morgan fingerprint density at radius 1 is 1.33 bits per heavy atom. The zero-order chi connectivity index (χ0) is 15.2. The Morgan fingerprint density at radius 2 is 2.05 bits per heavy atom. The predicted octanol–water partition coefficient (Wildman–Crippen LogP) is 2.12. The topological polar surface area (TPSA) is 83.0 Å². The second kappa shape index (κ2) is 6.88. The molecule has 112 valence electrons. The van der Waals surface area contributed by atoms with Crippen molar-refractivity contribution >= 4 is 11.7 Å². The molecular formula is C15H20N4O2. The normalized spacial score (nSPS) is 10.8. The highest BCUT2D eigenvalue weighted by Gasteiger charge is 2.10. The largest absolute Gasteiger partial charge is 0.457 e. The number of aryl methyl sites for hydroxylation is 1. The van der Waals surface area contributed by atoms with Crippen LogP contribution in [0, 0.1) is 0 Å². The van der Waals surface area contributed by atoms with E-state index in [1.54, 1.807) is 4.68 Å². The van der Waals surface area contributed by atoms with Gasteiger partial charge in [-0.25, -0.2) is 9.67 Å². The number of aromatic nitrogens is 3. The van der Waals surface area contributed by atoms with E-state index < -0.39 is 0 Å². The number of hydrogen-bond acceptors (Lipinski definition) is 5. The maximum Gasteiger partial charge on any atom is 0.306 e. The first-order valence-electron chi connectivity index (χ1n) is 6.94. The Morgan fingerprint density at radius 3 is 2.71 bits per heavy atom. The van der Waals surface area contributed by atoms with E-state index in [1.165, 1.54) is 6.33 Å². The van der Waals surface area contributed by atoms with Crippen LogP contribution in [0.25, 0.3) is 0 Å². The minimum Gasteiger partial charge on any atom is -0.457 e. The lowest BCUT2D eigenvalue weighted by atomic mass is 10.1. The predicted molar refractivity (Wildman–Crippen MR) is 79.4 cm³/mol. The number of nitrogens with zero attached hydrogens (tertiary/aromatic N) is 3. The Balaban J connectivity index is 1.79. The smallest absolute Gasteiger partial charge is 0.306 e. The molecule has 0 atom stereocenters. The summed E-state index contributed by atoms with van der Waals surface area (Å²) in [5, 5.41) is 4.10. The highest BCUT2D eigenvalue weighted by molar-refractivity contribution is 5.69. The molecule has 2 rings (SSSR count). The summed E-state index contributed by atoms with van der Waals surface area (Å²) < 4.78 is 6.98. The van der Waals surface area contributed by atoms with E-state index >= 15 is 0 Å². The number of rotatable bonds is 6. The van der Waals surface area contributed by atoms with Gasteiger partial charge in [0, 0.05) is 18.2 Å². The minimum atomic E-state index is -0.245. The fourth-order valence-corrected chi connectivity index (χ4v) is 1.96. The van der Waals surface area contributed by atoms with E-state index in [0.717, 1.165) is 5.56 Å². The molecule has 0 aliphatic heterocycles. The SMILES string of the molecule is CC(C)n1ncnc1COC(=O)CCc1ccc(N)cc1. The van der Waals surface area contributed by atoms with Crippen LogP contribution >= 0.6 is 0 Å². The summed E-state index contributed by atoms with van der Waals surface area (Å²) in [6, 6.07) is 7.67. The van der Waals surface area contributed by atoms with Gasteiger partial charge in [-0.3, -0.25) is 4.79 Å². The molecule has 2 aromatic rings. The third-order valence-electron chi connectivity index (χ3n) is 3.10. The van der Waals surface area contributed by atoms with E-state index in [0.29, 0.717) is 24.4 Å². The monoisotopic (exact) mass is 288 g/mol. The third kappa shape index (κ3) is 4.30. The fourth-order valence-electron chi connectivity index (χ4n) is 1.96. The van der Waals surface area contributed by atoms with Crippen molar-refractivity contribution in [1.82, 2.24) is 14.8 Å². The van der Waals surface area contributed by atoms with Crippen LogP contribution < -0.4 is 5.73 Å². The van der Waals surface area contributed by atoms with Gasteiger partial charge in [0.1, 0.15) is 6.33 Å². The molecule has 0 unspecified atom stereocenters. The molecule has 0 radical (unpaired) electrons. The zero-order valence-corrected chi connectivity index (χ0v) is 12.3. The number of nitrogens with two attached hydrogens (primary N) is 1. The molecule has 1 aromatic heterocycles. The molecule has 0 saturated carbocycles. The second-order valence-corrected chi connectivity index (χ2v) is 5.12. The van der Waals surface area contributed by atoms with Crippen molar-refractivity contribution in [2.45, 2.75) is 39.3 Å². The molecule has 0 amide bonds. The Kier molecular flexibility index (Phi) is 4.92. The summed E-state index contributed by atoms with van der Waals surface area (Å²) in [4.78, 5) is 15.9. The molecule has 1 heterocycles. The lowest BCUT2D eigenvalue weighted by Gasteiger charge is -2.09. The molecule has 2 N–H and O–H groups in total. The van der Waals surface area contributed by atoms with Crippen LogP contribution in [0.2, 0.25) is 0 Å². The van der Waals surface area contributed by atoms with E-state index in [2.05, 4.69) is 10.1 Å². The highest BCUT2D eigenvalue weighted by Crippen LogP contribution is 2.10. The fraction of sp³-hybridized carbons (Fsp3) is 0.400. The first-order chi connectivity index (χ1) is 10.1. The number of carbonyl (C=O) groups excluding carboxylic acids is 1. The quantitative estimate of drug-likeness (QED) is 0.650. The van der Waals surface area contributed by atoms with Crippen LogP contribution in [0.15, 0.2) is 30.6 Å². The van der Waals surface area contributed by atoms with Crippen molar-refractivity contribution in [3.8, 4) is 0 Å². The molecule has 0 fully saturated rings. The summed E-state index contributed by atoms with van der Waals surface area (Å²) in [7, 11) is 0. The van der Waals surface area contributed by atoms with Crippen LogP contribution in [-0.4, -0.2) is 20.7 Å². The van der Waals surface area contributed by atoms with Gasteiger partial charge in [0.15, 0.2) is 12.4 Å². The van der Waals surface area contributed by atoms with E-state index in [9.17, 15) is 4.79 Å². The van der Waals surface area contributed by atoms with Crippen molar-refractivity contribution in [2.24, 2.45) is 0 Å². The summed E-state index contributed by atoms with van der Waals surface area (Å²) in [6.07, 6.45) is 2.44. The van der Waals surface area contributed by atoms with Crippen LogP contribution in [-0.2, 0) is 22.6 Å². The van der Waals surface area contributed by atoms with Crippen LogP contribution in [0.5, 0.6) is 0 Å². The molecule has 1 aromatic carbocycles. The van der Waals surface area contributed by atoms with Crippen LogP contribution in [0.4, 0.5) is 5.69 Å². The molecule has 0 saturated heterocycles. The summed E-state index contributed by atoms with van der Waals surface area (Å²) in [6.45, 7) is 4.15.